The highest BCUT2D eigenvalue weighted by atomic mass is 16.5. The van der Waals surface area contributed by atoms with E-state index < -0.39 is 17.4 Å². The maximum absolute atomic E-state index is 12.0. The third-order valence-corrected chi connectivity index (χ3v) is 3.29. The van der Waals surface area contributed by atoms with Gasteiger partial charge in [0, 0.05) is 0 Å². The minimum atomic E-state index is -1.41. The summed E-state index contributed by atoms with van der Waals surface area (Å²) in [5, 5.41) is 15.1. The summed E-state index contributed by atoms with van der Waals surface area (Å²) in [5.74, 6) is -0.945. The lowest BCUT2D eigenvalue weighted by molar-refractivity contribution is -0.136. The van der Waals surface area contributed by atoms with Crippen molar-refractivity contribution in [1.82, 2.24) is 5.32 Å². The molecular formula is C17H20N2O5. The van der Waals surface area contributed by atoms with Gasteiger partial charge >= 0.3 is 11.8 Å². The Kier molecular flexibility index (Phi) is 5.59. The molecular weight excluding hydrogens is 312 g/mol. The topological polar surface area (TPSA) is 101 Å². The molecule has 1 heterocycles. The first kappa shape index (κ1) is 17.6. The number of carbonyl (C=O) groups is 2. The van der Waals surface area contributed by atoms with E-state index in [1.54, 1.807) is 36.4 Å². The van der Waals surface area contributed by atoms with Gasteiger partial charge in [-0.15, -0.1) is 0 Å². The zero-order valence-corrected chi connectivity index (χ0v) is 13.5. The average molecular weight is 332 g/mol. The first-order valence-electron chi connectivity index (χ1n) is 7.51. The van der Waals surface area contributed by atoms with Gasteiger partial charge in [-0.3, -0.25) is 9.59 Å². The van der Waals surface area contributed by atoms with E-state index in [1.807, 2.05) is 6.92 Å². The van der Waals surface area contributed by atoms with Crippen molar-refractivity contribution in [3.8, 4) is 5.75 Å². The van der Waals surface area contributed by atoms with Gasteiger partial charge in [-0.05, 0) is 38.1 Å². The summed E-state index contributed by atoms with van der Waals surface area (Å²) in [4.78, 5) is 23.9. The molecule has 1 unspecified atom stereocenters. The van der Waals surface area contributed by atoms with Crippen LogP contribution in [0.5, 0.6) is 5.75 Å². The first-order chi connectivity index (χ1) is 11.4. The van der Waals surface area contributed by atoms with Crippen molar-refractivity contribution in [2.45, 2.75) is 19.4 Å². The second-order valence-corrected chi connectivity index (χ2v) is 5.32. The number of benzene rings is 1. The maximum Gasteiger partial charge on any atom is 0.313 e. The van der Waals surface area contributed by atoms with Crippen LogP contribution in [0.4, 0.5) is 5.69 Å². The highest BCUT2D eigenvalue weighted by Gasteiger charge is 2.28. The molecule has 1 aromatic heterocycles. The standard InChI is InChI=1S/C17H20N2O5/c1-3-23-13-8-5-4-7-12(13)19-16(21)15(20)18-11-17(2,22)14-9-6-10-24-14/h4-10,22H,3,11H2,1-2H3,(H,18,20)(H,19,21). The minimum Gasteiger partial charge on any atom is -0.492 e. The van der Waals surface area contributed by atoms with Gasteiger partial charge in [0.05, 0.1) is 25.1 Å². The molecule has 0 aliphatic rings. The number of carbonyl (C=O) groups excluding carboxylic acids is 2. The molecule has 1 atom stereocenters. The van der Waals surface area contributed by atoms with Crippen molar-refractivity contribution in [3.63, 3.8) is 0 Å². The minimum absolute atomic E-state index is 0.167. The molecule has 2 aromatic rings. The van der Waals surface area contributed by atoms with E-state index in [2.05, 4.69) is 10.6 Å². The molecule has 3 N–H and O–H groups in total. The fourth-order valence-electron chi connectivity index (χ4n) is 2.04. The Bertz CT molecular complexity index is 695. The number of hydrogen-bond donors (Lipinski definition) is 3. The third kappa shape index (κ3) is 4.36. The van der Waals surface area contributed by atoms with Gasteiger partial charge in [0.25, 0.3) is 0 Å². The summed E-state index contributed by atoms with van der Waals surface area (Å²) in [6.07, 6.45) is 1.42. The predicted molar refractivity (Wildman–Crippen MR) is 87.5 cm³/mol. The van der Waals surface area contributed by atoms with Crippen LogP contribution in [-0.4, -0.2) is 30.1 Å². The highest BCUT2D eigenvalue weighted by Crippen LogP contribution is 2.23. The van der Waals surface area contributed by atoms with E-state index in [-0.39, 0.29) is 6.54 Å². The molecule has 7 nitrogen and oxygen atoms in total. The van der Waals surface area contributed by atoms with Gasteiger partial charge in [-0.25, -0.2) is 0 Å². The Morgan fingerprint density at radius 3 is 2.62 bits per heavy atom. The number of amides is 2. The molecule has 0 bridgehead atoms. The Hall–Kier alpha value is -2.80. The fourth-order valence-corrected chi connectivity index (χ4v) is 2.04. The van der Waals surface area contributed by atoms with Crippen LogP contribution in [0, 0.1) is 0 Å². The predicted octanol–water partition coefficient (Wildman–Crippen LogP) is 1.64. The lowest BCUT2D eigenvalue weighted by Gasteiger charge is -2.21. The molecule has 0 spiro atoms. The van der Waals surface area contributed by atoms with Crippen LogP contribution < -0.4 is 15.4 Å². The molecule has 0 aliphatic heterocycles. The summed E-state index contributed by atoms with van der Waals surface area (Å²) >= 11 is 0. The normalized spacial score (nSPS) is 13.0. The smallest absolute Gasteiger partial charge is 0.313 e. The summed E-state index contributed by atoms with van der Waals surface area (Å²) in [7, 11) is 0. The molecule has 2 amide bonds. The number of aliphatic hydroxyl groups is 1. The average Bonchev–Trinajstić information content (AvgIpc) is 3.10. The zero-order chi connectivity index (χ0) is 17.6. The lowest BCUT2D eigenvalue weighted by Crippen LogP contribution is -2.43. The van der Waals surface area contributed by atoms with Crippen LogP contribution in [0.25, 0.3) is 0 Å². The van der Waals surface area contributed by atoms with E-state index in [0.29, 0.717) is 23.8 Å². The van der Waals surface area contributed by atoms with E-state index in [0.717, 1.165) is 0 Å². The van der Waals surface area contributed by atoms with Gasteiger partial charge in [-0.1, -0.05) is 12.1 Å². The van der Waals surface area contributed by atoms with Crippen LogP contribution in [0.2, 0.25) is 0 Å². The van der Waals surface area contributed by atoms with Gasteiger partial charge in [0.2, 0.25) is 0 Å². The van der Waals surface area contributed by atoms with E-state index >= 15 is 0 Å². The van der Waals surface area contributed by atoms with Gasteiger partial charge in [0.1, 0.15) is 17.1 Å². The second kappa shape index (κ2) is 7.65. The summed E-state index contributed by atoms with van der Waals surface area (Å²) < 4.78 is 10.5. The number of anilines is 1. The fraction of sp³-hybridized carbons (Fsp3) is 0.294. The van der Waals surface area contributed by atoms with E-state index in [1.165, 1.54) is 13.2 Å². The van der Waals surface area contributed by atoms with Crippen molar-refractivity contribution in [3.05, 3.63) is 48.4 Å². The zero-order valence-electron chi connectivity index (χ0n) is 13.5. The van der Waals surface area contributed by atoms with Crippen molar-refractivity contribution < 1.29 is 23.8 Å². The maximum atomic E-state index is 12.0. The van der Waals surface area contributed by atoms with Crippen molar-refractivity contribution in [2.24, 2.45) is 0 Å². The van der Waals surface area contributed by atoms with Gasteiger partial charge < -0.3 is 24.9 Å². The molecule has 7 heteroatoms. The summed E-state index contributed by atoms with van der Waals surface area (Å²) in [6.45, 7) is 3.57. The Morgan fingerprint density at radius 2 is 1.96 bits per heavy atom. The molecule has 0 saturated heterocycles. The summed E-state index contributed by atoms with van der Waals surface area (Å²) in [6, 6.07) is 10.0. The molecule has 0 aliphatic carbocycles. The van der Waals surface area contributed by atoms with Crippen molar-refractivity contribution >= 4 is 17.5 Å². The molecule has 0 radical (unpaired) electrons. The van der Waals surface area contributed by atoms with E-state index in [9.17, 15) is 14.7 Å². The first-order valence-corrected chi connectivity index (χ1v) is 7.51. The SMILES string of the molecule is CCOc1ccccc1NC(=O)C(=O)NCC(C)(O)c1ccco1. The molecule has 0 saturated carbocycles. The second-order valence-electron chi connectivity index (χ2n) is 5.32. The number of para-hydroxylation sites is 2. The van der Waals surface area contributed by atoms with Crippen LogP contribution in [0.1, 0.15) is 19.6 Å². The lowest BCUT2D eigenvalue weighted by atomic mass is 10.0. The highest BCUT2D eigenvalue weighted by molar-refractivity contribution is 6.39. The Labute approximate surface area is 139 Å². The molecule has 128 valence electrons. The largest absolute Gasteiger partial charge is 0.492 e. The van der Waals surface area contributed by atoms with Crippen LogP contribution >= 0.6 is 0 Å². The molecule has 2 rings (SSSR count). The van der Waals surface area contributed by atoms with Crippen molar-refractivity contribution in [2.75, 3.05) is 18.5 Å². The third-order valence-electron chi connectivity index (χ3n) is 3.29. The number of nitrogens with one attached hydrogen (secondary N) is 2. The Balaban J connectivity index is 1.94. The Morgan fingerprint density at radius 1 is 1.21 bits per heavy atom. The van der Waals surface area contributed by atoms with Crippen molar-refractivity contribution in [1.29, 1.82) is 0 Å². The van der Waals surface area contributed by atoms with Crippen LogP contribution in [-0.2, 0) is 15.2 Å². The van der Waals surface area contributed by atoms with Crippen LogP contribution in [0.15, 0.2) is 47.1 Å². The molecule has 24 heavy (non-hydrogen) atoms. The van der Waals surface area contributed by atoms with Gasteiger partial charge in [0.15, 0.2) is 0 Å². The van der Waals surface area contributed by atoms with Gasteiger partial charge in [-0.2, -0.15) is 0 Å². The molecule has 0 fully saturated rings. The molecule has 1 aromatic carbocycles. The van der Waals surface area contributed by atoms with E-state index in [4.69, 9.17) is 9.15 Å². The van der Waals surface area contributed by atoms with Crippen LogP contribution in [0.3, 0.4) is 0 Å². The quantitative estimate of drug-likeness (QED) is 0.698. The number of hydrogen-bond acceptors (Lipinski definition) is 5. The summed E-state index contributed by atoms with van der Waals surface area (Å²) in [5.41, 5.74) is -1.01. The number of rotatable bonds is 6. The monoisotopic (exact) mass is 332 g/mol. The number of ether oxygens (including phenoxy) is 1. The number of furan rings is 1.